The van der Waals surface area contributed by atoms with Crippen LogP contribution in [0.4, 0.5) is 29.2 Å². The fourth-order valence-corrected chi connectivity index (χ4v) is 7.94. The van der Waals surface area contributed by atoms with Gasteiger partial charge in [0.25, 0.3) is 6.47 Å². The highest BCUT2D eigenvalue weighted by Crippen LogP contribution is 2.47. The van der Waals surface area contributed by atoms with Crippen LogP contribution < -0.4 is 24.8 Å². The highest BCUT2D eigenvalue weighted by atomic mass is 19.3. The van der Waals surface area contributed by atoms with Crippen molar-refractivity contribution in [2.24, 2.45) is 0 Å². The maximum absolute atomic E-state index is 17.2. The zero-order valence-corrected chi connectivity index (χ0v) is 29.0. The zero-order valence-electron chi connectivity index (χ0n) is 29.0. The molecule has 2 fully saturated rings. The fourth-order valence-electron chi connectivity index (χ4n) is 7.94. The molecule has 280 valence electrons. The number of benzene rings is 1. The molecule has 0 unspecified atom stereocenters. The first kappa shape index (κ1) is 35.9. The molecule has 53 heavy (non-hydrogen) atoms. The fraction of sp³-hybridized carbons (Fsp3) is 0.429. The number of rotatable bonds is 8. The molecule has 0 bridgehead atoms. The number of anilines is 2. The highest BCUT2D eigenvalue weighted by Gasteiger charge is 2.49. The predicted molar refractivity (Wildman–Crippen MR) is 185 cm³/mol. The summed E-state index contributed by atoms with van der Waals surface area (Å²) in [5, 5.41) is 14.2. The van der Waals surface area contributed by atoms with Gasteiger partial charge in [-0.05, 0) is 57.9 Å². The van der Waals surface area contributed by atoms with Gasteiger partial charge in [0, 0.05) is 30.1 Å². The van der Waals surface area contributed by atoms with E-state index in [9.17, 15) is 13.2 Å². The Kier molecular flexibility index (Phi) is 9.56. The Morgan fingerprint density at radius 1 is 1.28 bits per heavy atom. The lowest BCUT2D eigenvalue weighted by Crippen LogP contribution is -2.43. The molecule has 8 rings (SSSR count). The maximum Gasteiger partial charge on any atom is 0.387 e. The Morgan fingerprint density at radius 3 is 2.83 bits per heavy atom. The first-order valence-electron chi connectivity index (χ1n) is 17.0. The van der Waals surface area contributed by atoms with Gasteiger partial charge >= 0.3 is 12.6 Å². The molecule has 4 atom stereocenters. The number of pyridine rings is 2. The maximum atomic E-state index is 17.2. The van der Waals surface area contributed by atoms with E-state index in [1.165, 1.54) is 6.20 Å². The molecular formula is C35H37F4N9O5. The summed E-state index contributed by atoms with van der Waals surface area (Å²) in [6.07, 6.45) is 3.97. The number of H-pyrrole nitrogens is 1. The van der Waals surface area contributed by atoms with Gasteiger partial charge < -0.3 is 30.0 Å². The molecule has 4 aromatic heterocycles. The topological polar surface area (TPSA) is 178 Å². The van der Waals surface area contributed by atoms with Gasteiger partial charge in [-0.3, -0.25) is 14.8 Å². The van der Waals surface area contributed by atoms with Crippen molar-refractivity contribution in [3.05, 3.63) is 47.5 Å². The first-order chi connectivity index (χ1) is 25.5. The van der Waals surface area contributed by atoms with Crippen molar-refractivity contribution >= 4 is 39.9 Å². The molecule has 5 aromatic rings. The van der Waals surface area contributed by atoms with Crippen LogP contribution in [0, 0.1) is 12.7 Å². The summed E-state index contributed by atoms with van der Waals surface area (Å²) >= 11 is 0. The summed E-state index contributed by atoms with van der Waals surface area (Å²) in [5.41, 5.74) is 6.70. The number of nitrogens with one attached hydrogen (secondary N) is 1. The van der Waals surface area contributed by atoms with Crippen LogP contribution in [-0.4, -0.2) is 97.3 Å². The van der Waals surface area contributed by atoms with E-state index in [1.807, 2.05) is 24.8 Å². The molecule has 3 aliphatic rings. The molecule has 14 nitrogen and oxygen atoms in total. The second-order valence-electron chi connectivity index (χ2n) is 13.4. The lowest BCUT2D eigenvalue weighted by molar-refractivity contribution is -0.122. The first-order valence-corrected chi connectivity index (χ1v) is 17.0. The van der Waals surface area contributed by atoms with Crippen LogP contribution in [0.5, 0.6) is 17.6 Å². The molecule has 3 aliphatic heterocycles. The molecule has 0 radical (unpaired) electrons. The molecule has 18 heteroatoms. The third kappa shape index (κ3) is 6.34. The van der Waals surface area contributed by atoms with Gasteiger partial charge in [-0.15, -0.1) is 0 Å². The van der Waals surface area contributed by atoms with Crippen molar-refractivity contribution < 1.29 is 41.7 Å². The number of nitrogens with two attached hydrogens (primary N) is 1. The normalized spacial score (nSPS) is 21.5. The number of aryl methyl sites for hydroxylation is 1. The number of fused-ring (bicyclic) bond motifs is 2. The number of halogens is 4. The summed E-state index contributed by atoms with van der Waals surface area (Å²) < 4.78 is 76.9. The van der Waals surface area contributed by atoms with Crippen LogP contribution in [0.2, 0.25) is 0 Å². The smallest absolute Gasteiger partial charge is 0.387 e. The molecule has 7 heterocycles. The average molecular weight is 740 g/mol. The van der Waals surface area contributed by atoms with Gasteiger partial charge in [0.1, 0.15) is 53.4 Å². The van der Waals surface area contributed by atoms with Crippen LogP contribution in [0.25, 0.3) is 33.1 Å². The molecule has 0 aliphatic carbocycles. The second-order valence-corrected chi connectivity index (χ2v) is 13.4. The number of ether oxygens (including phenoxy) is 3. The quantitative estimate of drug-likeness (QED) is 0.133. The standard InChI is InChI=1S/C34H35F4N9O3.CH2O2/c1-16-10-22-21(12-41-45-22)23(28(16)50-32(37)38)26-25(36)27-24-30(44-33(43-27)49-15-34-7-5-9-46(34)13-19(35)11-34)47(17(2)14-48-31(24)42-26)18(3)20-6-4-8-40-29(20)39;2-1-3/h4,6,8,10,12,17-19,32H,5,7,9,11,13-15H2,1-3H3,(H2,39,40)(H,41,45);1H,(H,2,3)/t17-,18+,19+,34-;/m0./s1. The van der Waals surface area contributed by atoms with Crippen LogP contribution >= 0.6 is 0 Å². The molecule has 4 N–H and O–H groups in total. The number of nitrogens with zero attached hydrogens (tertiary/aromatic N) is 7. The average Bonchev–Trinajstić information content (AvgIpc) is 3.79. The Hall–Kier alpha value is -5.52. The minimum atomic E-state index is -3.20. The van der Waals surface area contributed by atoms with Crippen LogP contribution in [0.15, 0.2) is 30.6 Å². The minimum Gasteiger partial charge on any atom is -0.483 e. The Bertz CT molecular complexity index is 2170. The van der Waals surface area contributed by atoms with E-state index in [2.05, 4.69) is 30.0 Å². The predicted octanol–water partition coefficient (Wildman–Crippen LogP) is 5.60. The number of alkyl halides is 3. The number of nitrogen functional groups attached to an aromatic ring is 1. The van der Waals surface area contributed by atoms with Crippen LogP contribution in [-0.2, 0) is 4.79 Å². The molecular weight excluding hydrogens is 702 g/mol. The lowest BCUT2D eigenvalue weighted by atomic mass is 9.95. The minimum absolute atomic E-state index is 0.00330. The molecule has 2 saturated heterocycles. The van der Waals surface area contributed by atoms with Gasteiger partial charge in [0.05, 0.1) is 34.9 Å². The van der Waals surface area contributed by atoms with Crippen molar-refractivity contribution in [2.75, 3.05) is 36.9 Å². The van der Waals surface area contributed by atoms with E-state index >= 15 is 4.39 Å². The Balaban J connectivity index is 0.00000140. The number of hydrogen-bond acceptors (Lipinski definition) is 12. The zero-order chi connectivity index (χ0) is 37.6. The monoisotopic (exact) mass is 739 g/mol. The van der Waals surface area contributed by atoms with Crippen molar-refractivity contribution in [3.63, 3.8) is 0 Å². The van der Waals surface area contributed by atoms with E-state index in [0.29, 0.717) is 40.8 Å². The number of aromatic nitrogens is 6. The third-order valence-electron chi connectivity index (χ3n) is 10.2. The summed E-state index contributed by atoms with van der Waals surface area (Å²) in [6, 6.07) is 4.29. The summed E-state index contributed by atoms with van der Waals surface area (Å²) in [6.45, 7) is 3.24. The largest absolute Gasteiger partial charge is 0.483 e. The molecule has 1 aromatic carbocycles. The van der Waals surface area contributed by atoms with Crippen LogP contribution in [0.1, 0.15) is 50.3 Å². The van der Waals surface area contributed by atoms with Gasteiger partial charge in [-0.2, -0.15) is 23.8 Å². The molecule has 0 amide bonds. The summed E-state index contributed by atoms with van der Waals surface area (Å²) in [7, 11) is 0. The SMILES string of the molecule is Cc1cc2[nH]ncc2c(-c2nc3c4c(nc(OC[C@@]56CCCN5C[C@H](F)C6)nc4c2F)N([C@H](C)c2cccnc2N)[C@@H](C)CO3)c1OC(F)F.O=CO. The van der Waals surface area contributed by atoms with Crippen LogP contribution in [0.3, 0.4) is 0 Å². The number of aromatic amines is 1. The van der Waals surface area contributed by atoms with Crippen molar-refractivity contribution in [2.45, 2.75) is 70.4 Å². The van der Waals surface area contributed by atoms with E-state index < -0.39 is 30.2 Å². The number of hydrogen-bond donors (Lipinski definition) is 3. The van der Waals surface area contributed by atoms with Gasteiger partial charge in [-0.1, -0.05) is 6.07 Å². The Morgan fingerprint density at radius 2 is 2.08 bits per heavy atom. The van der Waals surface area contributed by atoms with E-state index in [0.717, 1.165) is 19.4 Å². The highest BCUT2D eigenvalue weighted by molar-refractivity contribution is 6.02. The summed E-state index contributed by atoms with van der Waals surface area (Å²) in [4.78, 5) is 30.7. The van der Waals surface area contributed by atoms with Crippen molar-refractivity contribution in [3.8, 4) is 28.9 Å². The van der Waals surface area contributed by atoms with Gasteiger partial charge in [-0.25, -0.2) is 18.7 Å². The Labute approximate surface area is 300 Å². The van der Waals surface area contributed by atoms with Crippen molar-refractivity contribution in [1.29, 1.82) is 0 Å². The second kappa shape index (κ2) is 14.1. The van der Waals surface area contributed by atoms with Gasteiger partial charge in [0.2, 0.25) is 5.88 Å². The molecule has 0 spiro atoms. The third-order valence-corrected chi connectivity index (χ3v) is 10.2. The number of carbonyl (C=O) groups is 1. The summed E-state index contributed by atoms with van der Waals surface area (Å²) in [5.74, 6) is -0.602. The van der Waals surface area contributed by atoms with E-state index in [-0.39, 0.29) is 71.3 Å². The molecule has 0 saturated carbocycles. The lowest BCUT2D eigenvalue weighted by Gasteiger charge is -2.35. The van der Waals surface area contributed by atoms with Crippen molar-refractivity contribution in [1.82, 2.24) is 35.0 Å². The van der Waals surface area contributed by atoms with E-state index in [1.54, 1.807) is 25.3 Å². The van der Waals surface area contributed by atoms with Gasteiger partial charge in [0.15, 0.2) is 5.82 Å². The number of carboxylic acid groups (broad SMARTS) is 1. The van der Waals surface area contributed by atoms with E-state index in [4.69, 9.17) is 34.8 Å².